The maximum atomic E-state index is 11.3. The average Bonchev–Trinajstić information content (AvgIpc) is 2.36. The molecule has 17 heavy (non-hydrogen) atoms. The van der Waals surface area contributed by atoms with Gasteiger partial charge in [-0.25, -0.2) is 4.79 Å². The molecule has 1 aromatic rings. The van der Waals surface area contributed by atoms with Crippen molar-refractivity contribution in [3.05, 3.63) is 29.8 Å². The monoisotopic (exact) mass is 237 g/mol. The highest BCUT2D eigenvalue weighted by molar-refractivity contribution is 5.82. The van der Waals surface area contributed by atoms with Crippen LogP contribution in [-0.4, -0.2) is 36.5 Å². The Morgan fingerprint density at radius 2 is 1.94 bits per heavy atom. The van der Waals surface area contributed by atoms with Crippen LogP contribution in [0.1, 0.15) is 12.5 Å². The molecule has 1 N–H and O–H groups in total. The van der Waals surface area contributed by atoms with Gasteiger partial charge in [0.2, 0.25) is 6.41 Å². The molecule has 1 unspecified atom stereocenters. The molecule has 5 nitrogen and oxygen atoms in total. The van der Waals surface area contributed by atoms with Crippen molar-refractivity contribution < 1.29 is 19.4 Å². The Labute approximate surface area is 99.6 Å². The molecule has 0 saturated heterocycles. The molecular weight excluding hydrogens is 222 g/mol. The first-order valence-corrected chi connectivity index (χ1v) is 5.03. The van der Waals surface area contributed by atoms with Crippen molar-refractivity contribution in [2.45, 2.75) is 12.5 Å². The maximum Gasteiger partial charge on any atom is 0.334 e. The average molecular weight is 237 g/mol. The molecule has 0 bridgehead atoms. The molecular formula is C12H15NO4. The van der Waals surface area contributed by atoms with Gasteiger partial charge in [0.05, 0.1) is 7.11 Å². The van der Waals surface area contributed by atoms with Crippen LogP contribution in [0.3, 0.4) is 0 Å². The number of ether oxygens (including phenoxy) is 1. The summed E-state index contributed by atoms with van der Waals surface area (Å²) in [7, 11) is 2.97. The number of hydrogen-bond acceptors (Lipinski definition) is 3. The summed E-state index contributed by atoms with van der Waals surface area (Å²) < 4.78 is 5.00. The van der Waals surface area contributed by atoms with Gasteiger partial charge in [0.25, 0.3) is 0 Å². The maximum absolute atomic E-state index is 11.3. The fraction of sp³-hybridized carbons (Fsp3) is 0.333. The summed E-state index contributed by atoms with van der Waals surface area (Å²) >= 11 is 0. The summed E-state index contributed by atoms with van der Waals surface area (Å²) in [5.74, 6) is -0.451. The molecule has 0 spiro atoms. The second-order valence-electron chi connectivity index (χ2n) is 3.82. The number of carbonyl (C=O) groups excluding carboxylic acids is 1. The van der Waals surface area contributed by atoms with Crippen molar-refractivity contribution >= 4 is 12.4 Å². The zero-order chi connectivity index (χ0) is 13.1. The molecule has 0 fully saturated rings. The Bertz CT molecular complexity index is 415. The quantitative estimate of drug-likeness (QED) is 0.778. The second kappa shape index (κ2) is 4.86. The Balaban J connectivity index is 3.22. The zero-order valence-electron chi connectivity index (χ0n) is 10.0. The van der Waals surface area contributed by atoms with Crippen LogP contribution in [0.15, 0.2) is 24.3 Å². The molecule has 0 radical (unpaired) electrons. The van der Waals surface area contributed by atoms with Gasteiger partial charge in [-0.05, 0) is 24.6 Å². The van der Waals surface area contributed by atoms with Crippen molar-refractivity contribution in [3.63, 3.8) is 0 Å². The van der Waals surface area contributed by atoms with Gasteiger partial charge in [0.1, 0.15) is 5.75 Å². The number of hydrogen-bond donors (Lipinski definition) is 1. The Hall–Kier alpha value is -2.04. The Morgan fingerprint density at radius 3 is 2.29 bits per heavy atom. The van der Waals surface area contributed by atoms with E-state index in [4.69, 9.17) is 4.74 Å². The highest BCUT2D eigenvalue weighted by Gasteiger charge is 2.39. The van der Waals surface area contributed by atoms with E-state index in [2.05, 4.69) is 0 Å². The molecule has 1 atom stereocenters. The second-order valence-corrected chi connectivity index (χ2v) is 3.82. The zero-order valence-corrected chi connectivity index (χ0v) is 10.0. The molecule has 92 valence electrons. The van der Waals surface area contributed by atoms with Crippen molar-refractivity contribution in [1.29, 1.82) is 0 Å². The normalized spacial score (nSPS) is 13.6. The number of carboxylic acid groups (broad SMARTS) is 1. The standard InChI is InChI=1S/C12H15NO4/c1-12(11(15)16,13(2)8-14)9-4-6-10(17-3)7-5-9/h4-8H,1-3H3,(H,15,16). The molecule has 0 aliphatic heterocycles. The van der Waals surface area contributed by atoms with E-state index in [-0.39, 0.29) is 0 Å². The van der Waals surface area contributed by atoms with E-state index in [0.717, 1.165) is 4.90 Å². The molecule has 0 aromatic heterocycles. The topological polar surface area (TPSA) is 66.8 Å². The number of nitrogens with zero attached hydrogens (tertiary/aromatic N) is 1. The molecule has 0 saturated carbocycles. The van der Waals surface area contributed by atoms with Crippen molar-refractivity contribution in [2.24, 2.45) is 0 Å². The summed E-state index contributed by atoms with van der Waals surface area (Å²) in [5.41, 5.74) is -0.867. The van der Waals surface area contributed by atoms with Gasteiger partial charge in [-0.3, -0.25) is 4.79 Å². The van der Waals surface area contributed by atoms with E-state index >= 15 is 0 Å². The minimum atomic E-state index is -1.38. The summed E-state index contributed by atoms with van der Waals surface area (Å²) in [6.07, 6.45) is 0.498. The van der Waals surface area contributed by atoms with E-state index < -0.39 is 11.5 Å². The lowest BCUT2D eigenvalue weighted by Gasteiger charge is -2.32. The lowest BCUT2D eigenvalue weighted by molar-refractivity contribution is -0.153. The Morgan fingerprint density at radius 1 is 1.41 bits per heavy atom. The van der Waals surface area contributed by atoms with Crippen molar-refractivity contribution in [3.8, 4) is 5.75 Å². The largest absolute Gasteiger partial charge is 0.497 e. The van der Waals surface area contributed by atoms with Crippen LogP contribution < -0.4 is 4.74 Å². The number of benzene rings is 1. The van der Waals surface area contributed by atoms with E-state index in [9.17, 15) is 14.7 Å². The van der Waals surface area contributed by atoms with Gasteiger partial charge in [-0.1, -0.05) is 12.1 Å². The van der Waals surface area contributed by atoms with Crippen molar-refractivity contribution in [1.82, 2.24) is 4.90 Å². The molecule has 1 aromatic carbocycles. The number of likely N-dealkylation sites (N-methyl/N-ethyl adjacent to an activating group) is 1. The first-order chi connectivity index (χ1) is 7.96. The number of methoxy groups -OCH3 is 1. The van der Waals surface area contributed by atoms with E-state index in [1.54, 1.807) is 24.3 Å². The SMILES string of the molecule is COc1ccc(C(C)(C(=O)O)N(C)C=O)cc1. The predicted octanol–water partition coefficient (Wildman–Crippen LogP) is 1.08. The first kappa shape index (κ1) is 13.0. The van der Waals surface area contributed by atoms with Gasteiger partial charge >= 0.3 is 5.97 Å². The molecule has 1 amide bonds. The highest BCUT2D eigenvalue weighted by Crippen LogP contribution is 2.28. The summed E-state index contributed by atoms with van der Waals surface area (Å²) in [5, 5.41) is 9.28. The third-order valence-corrected chi connectivity index (χ3v) is 2.93. The van der Waals surface area contributed by atoms with Crippen LogP contribution in [0.5, 0.6) is 5.75 Å². The van der Waals surface area contributed by atoms with Gasteiger partial charge in [-0.15, -0.1) is 0 Å². The highest BCUT2D eigenvalue weighted by atomic mass is 16.5. The van der Waals surface area contributed by atoms with E-state index in [1.807, 2.05) is 0 Å². The van der Waals surface area contributed by atoms with Crippen LogP contribution in [-0.2, 0) is 15.1 Å². The third-order valence-electron chi connectivity index (χ3n) is 2.93. The molecule has 0 heterocycles. The van der Waals surface area contributed by atoms with Crippen LogP contribution in [0.25, 0.3) is 0 Å². The van der Waals surface area contributed by atoms with Crippen LogP contribution in [0, 0.1) is 0 Å². The van der Waals surface area contributed by atoms with Crippen LogP contribution in [0.2, 0.25) is 0 Å². The fourth-order valence-corrected chi connectivity index (χ4v) is 1.50. The van der Waals surface area contributed by atoms with Crippen LogP contribution >= 0.6 is 0 Å². The number of carbonyl (C=O) groups is 2. The number of carboxylic acids is 1. The van der Waals surface area contributed by atoms with Crippen LogP contribution in [0.4, 0.5) is 0 Å². The predicted molar refractivity (Wildman–Crippen MR) is 61.8 cm³/mol. The smallest absolute Gasteiger partial charge is 0.334 e. The lowest BCUT2D eigenvalue weighted by Crippen LogP contribution is -2.47. The minimum absolute atomic E-state index is 0.498. The van der Waals surface area contributed by atoms with Gasteiger partial charge in [0.15, 0.2) is 5.54 Å². The third kappa shape index (κ3) is 2.22. The van der Waals surface area contributed by atoms with Gasteiger partial charge < -0.3 is 14.7 Å². The lowest BCUT2D eigenvalue weighted by atomic mass is 9.91. The number of aliphatic carboxylic acids is 1. The fourth-order valence-electron chi connectivity index (χ4n) is 1.50. The molecule has 0 aliphatic rings. The molecule has 5 heteroatoms. The minimum Gasteiger partial charge on any atom is -0.497 e. The first-order valence-electron chi connectivity index (χ1n) is 5.03. The summed E-state index contributed by atoms with van der Waals surface area (Å²) in [6.45, 7) is 1.48. The van der Waals surface area contributed by atoms with E-state index in [0.29, 0.717) is 17.7 Å². The van der Waals surface area contributed by atoms with Gasteiger partial charge in [0, 0.05) is 7.05 Å². The number of amides is 1. The number of rotatable bonds is 5. The Kier molecular flexibility index (Phi) is 3.73. The summed E-state index contributed by atoms with van der Waals surface area (Å²) in [6, 6.07) is 6.59. The molecule has 1 rings (SSSR count). The van der Waals surface area contributed by atoms with Gasteiger partial charge in [-0.2, -0.15) is 0 Å². The van der Waals surface area contributed by atoms with E-state index in [1.165, 1.54) is 21.1 Å². The molecule has 0 aliphatic carbocycles. The summed E-state index contributed by atoms with van der Waals surface area (Å²) in [4.78, 5) is 23.3. The van der Waals surface area contributed by atoms with Crippen molar-refractivity contribution in [2.75, 3.05) is 14.2 Å².